The standard InChI is InChI=1S/C16H24N4O6/c1-9-6-4-5-7-16(9)13(23)20(15(25)19-16)8-11(21)26-10(2)12(22)18-14(24)17-3/h9-10H,4-8H2,1-3H3,(H,19,25)(H2,17,18,22,24)/t9-,10+,16-/m1/s1. The van der Waals surface area contributed by atoms with Crippen LogP contribution in [0, 0.1) is 5.92 Å². The third-order valence-corrected chi connectivity index (χ3v) is 4.93. The van der Waals surface area contributed by atoms with Crippen LogP contribution in [0.5, 0.6) is 0 Å². The topological polar surface area (TPSA) is 134 Å². The number of carbonyl (C=O) groups excluding carboxylic acids is 5. The number of urea groups is 2. The summed E-state index contributed by atoms with van der Waals surface area (Å²) in [6.45, 7) is 2.60. The molecular formula is C16H24N4O6. The van der Waals surface area contributed by atoms with E-state index in [-0.39, 0.29) is 5.92 Å². The lowest BCUT2D eigenvalue weighted by Crippen LogP contribution is -2.54. The van der Waals surface area contributed by atoms with Crippen molar-refractivity contribution in [2.24, 2.45) is 5.92 Å². The Morgan fingerprint density at radius 1 is 1.35 bits per heavy atom. The maximum atomic E-state index is 12.7. The van der Waals surface area contributed by atoms with E-state index >= 15 is 0 Å². The molecule has 0 aromatic heterocycles. The van der Waals surface area contributed by atoms with Gasteiger partial charge in [0.1, 0.15) is 12.1 Å². The van der Waals surface area contributed by atoms with Crippen LogP contribution in [0.3, 0.4) is 0 Å². The van der Waals surface area contributed by atoms with Gasteiger partial charge in [-0.05, 0) is 25.7 Å². The molecule has 1 saturated heterocycles. The molecule has 0 bridgehead atoms. The molecule has 0 radical (unpaired) electrons. The van der Waals surface area contributed by atoms with E-state index in [1.54, 1.807) is 0 Å². The maximum absolute atomic E-state index is 12.7. The molecule has 2 rings (SSSR count). The van der Waals surface area contributed by atoms with Gasteiger partial charge in [0, 0.05) is 7.05 Å². The van der Waals surface area contributed by atoms with Crippen LogP contribution in [0.4, 0.5) is 9.59 Å². The number of nitrogens with one attached hydrogen (secondary N) is 3. The number of esters is 1. The first-order valence-corrected chi connectivity index (χ1v) is 8.57. The number of amides is 6. The molecule has 2 fully saturated rings. The van der Waals surface area contributed by atoms with Crippen LogP contribution in [0.15, 0.2) is 0 Å². The Balaban J connectivity index is 1.96. The zero-order valence-electron chi connectivity index (χ0n) is 15.1. The van der Waals surface area contributed by atoms with Crippen LogP contribution < -0.4 is 16.0 Å². The molecule has 10 heteroatoms. The van der Waals surface area contributed by atoms with Gasteiger partial charge in [-0.25, -0.2) is 9.59 Å². The highest BCUT2D eigenvalue weighted by Crippen LogP contribution is 2.38. The van der Waals surface area contributed by atoms with Crippen LogP contribution in [0.1, 0.15) is 39.5 Å². The molecule has 2 aliphatic rings. The molecule has 10 nitrogen and oxygen atoms in total. The van der Waals surface area contributed by atoms with Crippen molar-refractivity contribution in [2.45, 2.75) is 51.2 Å². The van der Waals surface area contributed by atoms with Gasteiger partial charge in [-0.3, -0.25) is 24.6 Å². The molecule has 1 heterocycles. The molecule has 0 aromatic rings. The first-order valence-electron chi connectivity index (χ1n) is 8.57. The molecule has 0 unspecified atom stereocenters. The second-order valence-electron chi connectivity index (χ2n) is 6.64. The summed E-state index contributed by atoms with van der Waals surface area (Å²) >= 11 is 0. The fourth-order valence-electron chi connectivity index (χ4n) is 3.33. The van der Waals surface area contributed by atoms with Crippen molar-refractivity contribution in [1.29, 1.82) is 0 Å². The molecule has 26 heavy (non-hydrogen) atoms. The number of hydrogen-bond acceptors (Lipinski definition) is 6. The van der Waals surface area contributed by atoms with Gasteiger partial charge < -0.3 is 15.4 Å². The number of ether oxygens (including phenoxy) is 1. The van der Waals surface area contributed by atoms with E-state index in [0.29, 0.717) is 6.42 Å². The highest BCUT2D eigenvalue weighted by atomic mass is 16.5. The molecule has 3 atom stereocenters. The second kappa shape index (κ2) is 7.71. The zero-order chi connectivity index (χ0) is 19.5. The Morgan fingerprint density at radius 2 is 2.04 bits per heavy atom. The molecule has 1 aliphatic carbocycles. The minimum absolute atomic E-state index is 0.0222. The van der Waals surface area contributed by atoms with Crippen LogP contribution in [0.25, 0.3) is 0 Å². The third kappa shape index (κ3) is 3.78. The molecule has 0 aromatic carbocycles. The Bertz CT molecular complexity index is 636. The first-order chi connectivity index (χ1) is 12.2. The van der Waals surface area contributed by atoms with Crippen LogP contribution in [0.2, 0.25) is 0 Å². The quantitative estimate of drug-likeness (QED) is 0.468. The van der Waals surface area contributed by atoms with E-state index in [2.05, 4.69) is 10.6 Å². The van der Waals surface area contributed by atoms with Gasteiger partial charge >= 0.3 is 18.0 Å². The van der Waals surface area contributed by atoms with Crippen molar-refractivity contribution in [3.05, 3.63) is 0 Å². The zero-order valence-corrected chi connectivity index (χ0v) is 15.1. The van der Waals surface area contributed by atoms with Gasteiger partial charge in [0.05, 0.1) is 0 Å². The van der Waals surface area contributed by atoms with Crippen molar-refractivity contribution in [2.75, 3.05) is 13.6 Å². The highest BCUT2D eigenvalue weighted by molar-refractivity contribution is 6.09. The van der Waals surface area contributed by atoms with Crippen LogP contribution in [-0.2, 0) is 19.1 Å². The lowest BCUT2D eigenvalue weighted by atomic mass is 9.73. The minimum Gasteiger partial charge on any atom is -0.451 e. The number of carbonyl (C=O) groups is 5. The summed E-state index contributed by atoms with van der Waals surface area (Å²) in [5.41, 5.74) is -0.960. The van der Waals surface area contributed by atoms with E-state index in [1.165, 1.54) is 14.0 Å². The van der Waals surface area contributed by atoms with Gasteiger partial charge in [0.2, 0.25) is 0 Å². The van der Waals surface area contributed by atoms with E-state index in [1.807, 2.05) is 12.2 Å². The van der Waals surface area contributed by atoms with Crippen molar-refractivity contribution in [1.82, 2.24) is 20.9 Å². The molecule has 3 N–H and O–H groups in total. The third-order valence-electron chi connectivity index (χ3n) is 4.93. The smallest absolute Gasteiger partial charge is 0.327 e. The SMILES string of the molecule is CNC(=O)NC(=O)[C@H](C)OC(=O)CN1C(=O)N[C@@]2(CCCC[C@H]2C)C1=O. The number of hydrogen-bond donors (Lipinski definition) is 3. The summed E-state index contributed by atoms with van der Waals surface area (Å²) in [6, 6.07) is -1.37. The summed E-state index contributed by atoms with van der Waals surface area (Å²) in [6.07, 6.45) is 1.93. The number of rotatable bonds is 4. The summed E-state index contributed by atoms with van der Waals surface area (Å²) in [5.74, 6) is -2.18. The Kier molecular flexibility index (Phi) is 5.83. The molecule has 1 spiro atoms. The molecular weight excluding hydrogens is 344 g/mol. The average molecular weight is 368 g/mol. The molecule has 6 amide bonds. The normalized spacial score (nSPS) is 26.3. The molecule has 144 valence electrons. The van der Waals surface area contributed by atoms with Crippen molar-refractivity contribution in [3.8, 4) is 0 Å². The Morgan fingerprint density at radius 3 is 2.65 bits per heavy atom. The summed E-state index contributed by atoms with van der Waals surface area (Å²) in [7, 11) is 1.33. The predicted octanol–water partition coefficient (Wildman–Crippen LogP) is -0.126. The van der Waals surface area contributed by atoms with Crippen molar-refractivity contribution >= 4 is 29.8 Å². The fraction of sp³-hybridized carbons (Fsp3) is 0.688. The first kappa shape index (κ1) is 19.7. The predicted molar refractivity (Wildman–Crippen MR) is 88.8 cm³/mol. The lowest BCUT2D eigenvalue weighted by Gasteiger charge is -2.36. The Labute approximate surface area is 151 Å². The van der Waals surface area contributed by atoms with Gasteiger partial charge in [-0.1, -0.05) is 19.8 Å². The van der Waals surface area contributed by atoms with Gasteiger partial charge in [0.15, 0.2) is 6.10 Å². The van der Waals surface area contributed by atoms with E-state index < -0.39 is 48.0 Å². The van der Waals surface area contributed by atoms with Crippen LogP contribution in [-0.4, -0.2) is 60.0 Å². The lowest BCUT2D eigenvalue weighted by molar-refractivity contribution is -0.156. The van der Waals surface area contributed by atoms with Crippen LogP contribution >= 0.6 is 0 Å². The largest absolute Gasteiger partial charge is 0.451 e. The fourth-order valence-corrected chi connectivity index (χ4v) is 3.33. The van der Waals surface area contributed by atoms with Gasteiger partial charge in [0.25, 0.3) is 11.8 Å². The van der Waals surface area contributed by atoms with E-state index in [0.717, 1.165) is 24.2 Å². The monoisotopic (exact) mass is 368 g/mol. The Hall–Kier alpha value is -2.65. The average Bonchev–Trinajstić information content (AvgIpc) is 2.82. The summed E-state index contributed by atoms with van der Waals surface area (Å²) in [5, 5.41) is 6.90. The summed E-state index contributed by atoms with van der Waals surface area (Å²) < 4.78 is 4.91. The van der Waals surface area contributed by atoms with Gasteiger partial charge in [-0.2, -0.15) is 0 Å². The van der Waals surface area contributed by atoms with Crippen molar-refractivity contribution < 1.29 is 28.7 Å². The van der Waals surface area contributed by atoms with Crippen molar-refractivity contribution in [3.63, 3.8) is 0 Å². The second-order valence-corrected chi connectivity index (χ2v) is 6.64. The van der Waals surface area contributed by atoms with E-state index in [9.17, 15) is 24.0 Å². The molecule has 1 aliphatic heterocycles. The maximum Gasteiger partial charge on any atom is 0.327 e. The minimum atomic E-state index is -1.25. The van der Waals surface area contributed by atoms with Gasteiger partial charge in [-0.15, -0.1) is 0 Å². The number of nitrogens with zero attached hydrogens (tertiary/aromatic N) is 1. The molecule has 1 saturated carbocycles. The van der Waals surface area contributed by atoms with E-state index in [4.69, 9.17) is 4.74 Å². The highest BCUT2D eigenvalue weighted by Gasteiger charge is 2.55. The summed E-state index contributed by atoms with van der Waals surface area (Å²) in [4.78, 5) is 60.6. The number of imide groups is 2.